The van der Waals surface area contributed by atoms with E-state index in [-0.39, 0.29) is 0 Å². The van der Waals surface area contributed by atoms with Gasteiger partial charge in [-0.15, -0.1) is 0 Å². The van der Waals surface area contributed by atoms with Crippen LogP contribution in [0.3, 0.4) is 0 Å². The molecule has 0 radical (unpaired) electrons. The van der Waals surface area contributed by atoms with Crippen molar-refractivity contribution in [1.82, 2.24) is 0 Å². The van der Waals surface area contributed by atoms with Crippen LogP contribution in [0.2, 0.25) is 15.0 Å². The summed E-state index contributed by atoms with van der Waals surface area (Å²) in [7, 11) is 0. The van der Waals surface area contributed by atoms with E-state index in [1.54, 1.807) is 0 Å². The van der Waals surface area contributed by atoms with Gasteiger partial charge in [-0.05, 0) is 0 Å². The molecule has 0 aliphatic rings. The second kappa shape index (κ2) is 8.17. The van der Waals surface area contributed by atoms with E-state index in [4.69, 9.17) is 0 Å². The fraction of sp³-hybridized carbons (Fsp3) is 1.00. The zero-order chi connectivity index (χ0) is 8.69. The van der Waals surface area contributed by atoms with Gasteiger partial charge in [0.2, 0.25) is 0 Å². The van der Waals surface area contributed by atoms with Crippen molar-refractivity contribution in [3.8, 4) is 0 Å². The number of rotatable bonds is 6. The molecule has 0 rings (SSSR count). The van der Waals surface area contributed by atoms with E-state index in [0.717, 1.165) is 9.63 Å². The SMILES string of the molecule is CCCCCC([SeH])C([SeH])C[SeH]. The van der Waals surface area contributed by atoms with Crippen LogP contribution < -0.4 is 0 Å². The molecule has 0 saturated carbocycles. The first-order valence-electron chi connectivity index (χ1n) is 4.19. The van der Waals surface area contributed by atoms with E-state index in [1.165, 1.54) is 31.0 Å². The molecule has 0 heterocycles. The Kier molecular flexibility index (Phi) is 9.33. The second-order valence-electron chi connectivity index (χ2n) is 2.81. The second-order valence-corrected chi connectivity index (χ2v) is 6.36. The Hall–Kier alpha value is 1.56. The molecule has 2 unspecified atom stereocenters. The molecule has 0 bridgehead atoms. The van der Waals surface area contributed by atoms with Gasteiger partial charge in [0.1, 0.15) is 0 Å². The fourth-order valence-electron chi connectivity index (χ4n) is 0.918. The van der Waals surface area contributed by atoms with Crippen molar-refractivity contribution in [1.29, 1.82) is 0 Å². The Bertz CT molecular complexity index is 85.4. The molecular weight excluding hydrogens is 333 g/mol. The molecular formula is C8H18Se3. The van der Waals surface area contributed by atoms with Gasteiger partial charge in [-0.2, -0.15) is 0 Å². The van der Waals surface area contributed by atoms with Gasteiger partial charge < -0.3 is 0 Å². The van der Waals surface area contributed by atoms with Crippen LogP contribution in [0.25, 0.3) is 0 Å². The van der Waals surface area contributed by atoms with E-state index in [1.807, 2.05) is 0 Å². The van der Waals surface area contributed by atoms with Crippen molar-refractivity contribution in [3.63, 3.8) is 0 Å². The van der Waals surface area contributed by atoms with Crippen LogP contribution in [0, 0.1) is 0 Å². The molecule has 0 aliphatic heterocycles. The van der Waals surface area contributed by atoms with E-state index < -0.39 is 0 Å². The summed E-state index contributed by atoms with van der Waals surface area (Å²) in [6.07, 6.45) is 5.51. The normalized spacial score (nSPS) is 16.4. The Morgan fingerprint density at radius 1 is 1.09 bits per heavy atom. The third-order valence-electron chi connectivity index (χ3n) is 1.73. The van der Waals surface area contributed by atoms with Crippen LogP contribution in [-0.4, -0.2) is 48.0 Å². The van der Waals surface area contributed by atoms with Crippen molar-refractivity contribution in [2.45, 2.75) is 47.6 Å². The fourth-order valence-corrected chi connectivity index (χ4v) is 3.15. The predicted octanol–water partition coefficient (Wildman–Crippen LogP) is 1.26. The molecule has 11 heavy (non-hydrogen) atoms. The maximum atomic E-state index is 2.81. The van der Waals surface area contributed by atoms with Crippen LogP contribution in [0.15, 0.2) is 0 Å². The molecule has 0 amide bonds. The quantitative estimate of drug-likeness (QED) is 0.500. The molecule has 0 nitrogen and oxygen atoms in total. The molecule has 0 aromatic rings. The molecule has 0 aliphatic carbocycles. The van der Waals surface area contributed by atoms with Crippen LogP contribution in [0.4, 0.5) is 0 Å². The summed E-state index contributed by atoms with van der Waals surface area (Å²) in [5.74, 6) is 0. The van der Waals surface area contributed by atoms with Crippen molar-refractivity contribution < 1.29 is 0 Å². The van der Waals surface area contributed by atoms with Crippen molar-refractivity contribution in [2.75, 3.05) is 0 Å². The topological polar surface area (TPSA) is 0 Å². The van der Waals surface area contributed by atoms with Gasteiger partial charge in [-0.25, -0.2) is 0 Å². The minimum absolute atomic E-state index is 0.805. The van der Waals surface area contributed by atoms with Gasteiger partial charge in [0.25, 0.3) is 0 Å². The molecule has 3 heteroatoms. The Labute approximate surface area is 95.1 Å². The average Bonchev–Trinajstić information content (AvgIpc) is 2.03. The molecule has 0 N–H and O–H groups in total. The van der Waals surface area contributed by atoms with Crippen LogP contribution in [-0.2, 0) is 0 Å². The van der Waals surface area contributed by atoms with Gasteiger partial charge in [-0.3, -0.25) is 0 Å². The van der Waals surface area contributed by atoms with Crippen molar-refractivity contribution >= 4 is 48.0 Å². The first kappa shape index (κ1) is 12.6. The van der Waals surface area contributed by atoms with Crippen LogP contribution in [0.1, 0.15) is 32.6 Å². The maximum absolute atomic E-state index is 2.81. The minimum atomic E-state index is 0.805. The molecule has 0 spiro atoms. The predicted molar refractivity (Wildman–Crippen MR) is 57.9 cm³/mol. The number of hydrogen-bond donors (Lipinski definition) is 0. The average molecular weight is 351 g/mol. The summed E-state index contributed by atoms with van der Waals surface area (Å²) in [6, 6.07) is 0. The summed E-state index contributed by atoms with van der Waals surface area (Å²) in [4.78, 5) is 1.64. The van der Waals surface area contributed by atoms with E-state index in [9.17, 15) is 0 Å². The molecule has 0 aromatic carbocycles. The zero-order valence-corrected chi connectivity index (χ0v) is 12.7. The molecule has 0 fully saturated rings. The summed E-state index contributed by atoms with van der Waals surface area (Å²) in [6.45, 7) is 2.26. The Balaban J connectivity index is 3.28. The number of hydrogen-bond acceptors (Lipinski definition) is 0. The first-order valence-corrected chi connectivity index (χ1v) is 7.68. The van der Waals surface area contributed by atoms with Crippen molar-refractivity contribution in [3.05, 3.63) is 0 Å². The van der Waals surface area contributed by atoms with E-state index in [0.29, 0.717) is 0 Å². The van der Waals surface area contributed by atoms with E-state index >= 15 is 0 Å². The van der Waals surface area contributed by atoms with E-state index in [2.05, 4.69) is 55.0 Å². The number of unbranched alkanes of at least 4 members (excludes halogenated alkanes) is 2. The van der Waals surface area contributed by atoms with Gasteiger partial charge in [0.05, 0.1) is 0 Å². The Morgan fingerprint density at radius 2 is 1.73 bits per heavy atom. The summed E-state index contributed by atoms with van der Waals surface area (Å²) in [5.41, 5.74) is 0. The van der Waals surface area contributed by atoms with Gasteiger partial charge >= 0.3 is 95.6 Å². The summed E-state index contributed by atoms with van der Waals surface area (Å²) >= 11 is 8.27. The molecule has 0 saturated heterocycles. The molecule has 0 aromatic heterocycles. The van der Waals surface area contributed by atoms with Crippen LogP contribution in [0.5, 0.6) is 0 Å². The first-order chi connectivity index (χ1) is 5.22. The monoisotopic (exact) mass is 354 g/mol. The van der Waals surface area contributed by atoms with Gasteiger partial charge in [0.15, 0.2) is 0 Å². The summed E-state index contributed by atoms with van der Waals surface area (Å²) in [5, 5.41) is 1.23. The Morgan fingerprint density at radius 3 is 2.18 bits per heavy atom. The standard InChI is InChI=1S/C8H18Se3/c1-2-3-4-5-7(10)8(11)6-9/h7-11H,2-6H2,1H3. The summed E-state index contributed by atoms with van der Waals surface area (Å²) < 4.78 is 0. The van der Waals surface area contributed by atoms with Gasteiger partial charge in [-0.1, -0.05) is 0 Å². The molecule has 2 atom stereocenters. The third kappa shape index (κ3) is 6.70. The third-order valence-corrected chi connectivity index (χ3v) is 7.46. The zero-order valence-electron chi connectivity index (χ0n) is 7.03. The molecule has 68 valence electrons. The van der Waals surface area contributed by atoms with Crippen LogP contribution >= 0.6 is 0 Å². The van der Waals surface area contributed by atoms with Crippen molar-refractivity contribution in [2.24, 2.45) is 0 Å². The van der Waals surface area contributed by atoms with Gasteiger partial charge in [0, 0.05) is 0 Å².